The molecule has 11 heteroatoms. The van der Waals surface area contributed by atoms with Gasteiger partial charge in [0.05, 0.1) is 41.0 Å². The van der Waals surface area contributed by atoms with Gasteiger partial charge < -0.3 is 38.4 Å². The van der Waals surface area contributed by atoms with E-state index in [0.717, 1.165) is 66.9 Å². The number of phenols is 1. The third-order valence-electron chi connectivity index (χ3n) is 10.5. The molecule has 2 aliphatic rings. The second-order valence-electron chi connectivity index (χ2n) is 13.8. The van der Waals surface area contributed by atoms with Gasteiger partial charge in [-0.05, 0) is 110 Å². The molecule has 2 fully saturated rings. The molecule has 1 aliphatic carbocycles. The van der Waals surface area contributed by atoms with Crippen molar-refractivity contribution in [2.45, 2.75) is 88.7 Å². The number of alkyl halides is 1. The molecule has 1 saturated heterocycles. The van der Waals surface area contributed by atoms with Crippen molar-refractivity contribution < 1.29 is 43.1 Å². The number of halogens is 1. The molecule has 2 unspecified atom stereocenters. The minimum Gasteiger partial charge on any atom is -0.508 e. The largest absolute Gasteiger partial charge is 0.508 e. The first-order chi connectivity index (χ1) is 25.8. The van der Waals surface area contributed by atoms with Crippen LogP contribution in [0.2, 0.25) is 0 Å². The topological polar surface area (TPSA) is 113 Å². The summed E-state index contributed by atoms with van der Waals surface area (Å²) in [6, 6.07) is 15.7. The van der Waals surface area contributed by atoms with Gasteiger partial charge in [0.1, 0.15) is 17.9 Å². The molecule has 0 bridgehead atoms. The van der Waals surface area contributed by atoms with Gasteiger partial charge in [-0.3, -0.25) is 4.79 Å². The third kappa shape index (κ3) is 10.2. The summed E-state index contributed by atoms with van der Waals surface area (Å²) in [6.45, 7) is 0.992. The van der Waals surface area contributed by atoms with E-state index in [0.29, 0.717) is 66.7 Å². The number of rotatable bonds is 17. The van der Waals surface area contributed by atoms with Gasteiger partial charge in [-0.2, -0.15) is 0 Å². The van der Waals surface area contributed by atoms with Crippen LogP contribution in [0, 0.1) is 5.92 Å². The summed E-state index contributed by atoms with van der Waals surface area (Å²) in [5.74, 6) is 2.05. The van der Waals surface area contributed by atoms with E-state index < -0.39 is 24.0 Å². The fraction of sp³-hybridized carbons (Fsp3) is 0.524. The van der Waals surface area contributed by atoms with Crippen LogP contribution in [-0.2, 0) is 20.7 Å². The molecule has 1 amide bonds. The predicted octanol–water partition coefficient (Wildman–Crippen LogP) is 8.59. The number of ether oxygens (including phenoxy) is 6. The Bertz CT molecular complexity index is 1630. The molecule has 1 aliphatic heterocycles. The summed E-state index contributed by atoms with van der Waals surface area (Å²) in [7, 11) is 6.40. The van der Waals surface area contributed by atoms with E-state index in [2.05, 4.69) is 22.6 Å². The van der Waals surface area contributed by atoms with Crippen LogP contribution in [0.4, 0.5) is 0 Å². The van der Waals surface area contributed by atoms with Gasteiger partial charge >= 0.3 is 5.97 Å². The quantitative estimate of drug-likeness (QED) is 0.0618. The van der Waals surface area contributed by atoms with Crippen LogP contribution in [0.25, 0.3) is 0 Å². The first-order valence-corrected chi connectivity index (χ1v) is 20.3. The zero-order valence-electron chi connectivity index (χ0n) is 31.4. The summed E-state index contributed by atoms with van der Waals surface area (Å²) in [6.07, 6.45) is 8.50. The monoisotopic (exact) mass is 843 g/mol. The number of piperidine rings is 1. The van der Waals surface area contributed by atoms with E-state index >= 15 is 0 Å². The maximum absolute atomic E-state index is 15.0. The number of nitrogens with zero attached hydrogens (tertiary/aromatic N) is 1. The molecule has 0 aromatic heterocycles. The minimum absolute atomic E-state index is 0.0690. The lowest BCUT2D eigenvalue weighted by Crippen LogP contribution is -2.51. The first kappa shape index (κ1) is 40.3. The number of aromatic hydroxyl groups is 1. The predicted molar refractivity (Wildman–Crippen MR) is 212 cm³/mol. The highest BCUT2D eigenvalue weighted by molar-refractivity contribution is 14.1. The number of hydrogen-bond donors (Lipinski definition) is 1. The Balaban J connectivity index is 1.43. The van der Waals surface area contributed by atoms with Gasteiger partial charge in [0.15, 0.2) is 23.0 Å². The van der Waals surface area contributed by atoms with Crippen LogP contribution in [0.1, 0.15) is 92.9 Å². The van der Waals surface area contributed by atoms with Crippen LogP contribution in [0.5, 0.6) is 34.5 Å². The van der Waals surface area contributed by atoms with Gasteiger partial charge in [-0.15, -0.1) is 0 Å². The zero-order valence-corrected chi connectivity index (χ0v) is 33.6. The number of carbonyl (C=O) groups is 2. The van der Waals surface area contributed by atoms with E-state index in [1.165, 1.54) is 0 Å². The van der Waals surface area contributed by atoms with Crippen LogP contribution in [0.3, 0.4) is 0 Å². The molecule has 10 nitrogen and oxygen atoms in total. The van der Waals surface area contributed by atoms with Crippen LogP contribution in [-0.4, -0.2) is 73.9 Å². The number of benzene rings is 3. The Morgan fingerprint density at radius 1 is 0.811 bits per heavy atom. The Morgan fingerprint density at radius 2 is 1.51 bits per heavy atom. The summed E-state index contributed by atoms with van der Waals surface area (Å²) in [5.41, 5.74) is 2.48. The number of esters is 1. The van der Waals surface area contributed by atoms with Gasteiger partial charge in [-0.25, -0.2) is 4.79 Å². The Morgan fingerprint density at radius 3 is 2.17 bits per heavy atom. The number of carbonyl (C=O) groups excluding carboxylic acids is 2. The molecule has 1 N–H and O–H groups in total. The lowest BCUT2D eigenvalue weighted by atomic mass is 9.75. The molecule has 5 rings (SSSR count). The van der Waals surface area contributed by atoms with Gasteiger partial charge in [0.2, 0.25) is 11.7 Å². The molecular weight excluding hydrogens is 789 g/mol. The zero-order chi connectivity index (χ0) is 37.7. The first-order valence-electron chi connectivity index (χ1n) is 18.8. The summed E-state index contributed by atoms with van der Waals surface area (Å²) in [5, 5.41) is 10.4. The Hall–Kier alpha value is -3.87. The van der Waals surface area contributed by atoms with Crippen molar-refractivity contribution in [3.63, 3.8) is 0 Å². The molecule has 53 heavy (non-hydrogen) atoms. The van der Waals surface area contributed by atoms with E-state index in [1.54, 1.807) is 51.5 Å². The van der Waals surface area contributed by atoms with Crippen LogP contribution < -0.4 is 23.7 Å². The van der Waals surface area contributed by atoms with Crippen molar-refractivity contribution in [1.29, 1.82) is 0 Å². The molecule has 1 heterocycles. The van der Waals surface area contributed by atoms with Crippen molar-refractivity contribution in [2.75, 3.05) is 46.0 Å². The van der Waals surface area contributed by atoms with Crippen LogP contribution in [0.15, 0.2) is 54.6 Å². The maximum Gasteiger partial charge on any atom is 0.329 e. The summed E-state index contributed by atoms with van der Waals surface area (Å²) >= 11 is 2.32. The average Bonchev–Trinajstić information content (AvgIpc) is 3.19. The van der Waals surface area contributed by atoms with Crippen molar-refractivity contribution in [3.8, 4) is 34.5 Å². The number of amides is 1. The molecular formula is C42H54INO9. The van der Waals surface area contributed by atoms with Crippen molar-refractivity contribution >= 4 is 34.5 Å². The molecule has 288 valence electrons. The lowest BCUT2D eigenvalue weighted by molar-refractivity contribution is -0.163. The van der Waals surface area contributed by atoms with Crippen molar-refractivity contribution in [1.82, 2.24) is 4.90 Å². The van der Waals surface area contributed by atoms with Gasteiger partial charge in [0.25, 0.3) is 0 Å². The van der Waals surface area contributed by atoms with Gasteiger partial charge in [-0.1, -0.05) is 60.1 Å². The van der Waals surface area contributed by atoms with Crippen molar-refractivity contribution in [3.05, 3.63) is 71.3 Å². The molecule has 3 aromatic carbocycles. The minimum atomic E-state index is -0.733. The SMILES string of the molecule is COc1ccc(CCC(OC(=O)C2CCCCN2C(=O)[C@H](c2cc(OC)c(OCCCI)c(OC)c2)C2CCCCC2)c2cccc(O)c2)cc1OC. The van der Waals surface area contributed by atoms with E-state index in [4.69, 9.17) is 28.4 Å². The van der Waals surface area contributed by atoms with E-state index in [-0.39, 0.29) is 17.6 Å². The van der Waals surface area contributed by atoms with Crippen LogP contribution >= 0.6 is 22.6 Å². The number of phenolic OH excluding ortho intramolecular Hbond substituents is 1. The Kier molecular flexibility index (Phi) is 15.2. The van der Waals surface area contributed by atoms with E-state index in [1.807, 2.05) is 36.4 Å². The standard InChI is InChI=1S/C42H54INO9/c1-48-35-20-18-28(24-36(35)49-2)17-19-34(30-14-10-15-32(45)25-30)53-42(47)33-16-8-9-22-44(33)41(46)39(29-12-6-5-7-13-29)31-26-37(50-3)40(38(27-31)51-4)52-23-11-21-43/h10,14-15,18,20,24-27,29,33-34,39,45H,5-9,11-13,16-17,19,21-23H2,1-4H3/t33?,34?,39-/m0/s1. The molecule has 3 atom stereocenters. The third-order valence-corrected chi connectivity index (χ3v) is 11.2. The molecule has 1 saturated carbocycles. The number of methoxy groups -OCH3 is 4. The normalized spacial score (nSPS) is 17.4. The lowest BCUT2D eigenvalue weighted by Gasteiger charge is -2.40. The molecule has 3 aromatic rings. The number of aryl methyl sites for hydroxylation is 1. The molecule has 0 spiro atoms. The molecule has 0 radical (unpaired) electrons. The van der Waals surface area contributed by atoms with E-state index in [9.17, 15) is 14.7 Å². The maximum atomic E-state index is 15.0. The fourth-order valence-corrected chi connectivity index (χ4v) is 8.04. The number of likely N-dealkylation sites (tertiary alicyclic amines) is 1. The van der Waals surface area contributed by atoms with Crippen molar-refractivity contribution in [2.24, 2.45) is 5.92 Å². The highest BCUT2D eigenvalue weighted by Gasteiger charge is 2.41. The second-order valence-corrected chi connectivity index (χ2v) is 14.9. The number of hydrogen-bond acceptors (Lipinski definition) is 9. The second kappa shape index (κ2) is 20.0. The highest BCUT2D eigenvalue weighted by Crippen LogP contribution is 2.45. The van der Waals surface area contributed by atoms with Gasteiger partial charge in [0, 0.05) is 11.0 Å². The Labute approximate surface area is 327 Å². The summed E-state index contributed by atoms with van der Waals surface area (Å²) < 4.78 is 36.0. The summed E-state index contributed by atoms with van der Waals surface area (Å²) in [4.78, 5) is 31.1. The highest BCUT2D eigenvalue weighted by atomic mass is 127. The average molecular weight is 844 g/mol. The smallest absolute Gasteiger partial charge is 0.329 e. The fourth-order valence-electron chi connectivity index (χ4n) is 7.73.